The molecule has 0 radical (unpaired) electrons. The molecule has 5 nitrogen and oxygen atoms in total. The Kier molecular flexibility index (Phi) is 5.38. The fourth-order valence-electron chi connectivity index (χ4n) is 4.86. The number of fused-ring (bicyclic) bond motifs is 1. The predicted molar refractivity (Wildman–Crippen MR) is 109 cm³/mol. The van der Waals surface area contributed by atoms with E-state index in [-0.39, 0.29) is 6.03 Å². The third-order valence-electron chi connectivity index (χ3n) is 6.08. The fourth-order valence-corrected chi connectivity index (χ4v) is 4.86. The molecule has 2 aromatic rings. The first-order valence-corrected chi connectivity index (χ1v) is 9.95. The molecule has 3 atom stereocenters. The summed E-state index contributed by atoms with van der Waals surface area (Å²) in [4.78, 5) is 14.7. The van der Waals surface area contributed by atoms with E-state index in [0.29, 0.717) is 38.0 Å². The number of urea groups is 1. The number of benzene rings is 2. The maximum atomic E-state index is 12.8. The number of rotatable bonds is 5. The lowest BCUT2D eigenvalue weighted by atomic mass is 9.91. The number of carbonyl (C=O) groups excluding carboxylic acids is 1. The van der Waals surface area contributed by atoms with Crippen molar-refractivity contribution in [2.75, 3.05) is 25.5 Å². The van der Waals surface area contributed by atoms with Gasteiger partial charge in [0.05, 0.1) is 12.2 Å². The molecule has 1 saturated carbocycles. The van der Waals surface area contributed by atoms with Crippen molar-refractivity contribution in [1.29, 1.82) is 0 Å². The number of nitrogens with one attached hydrogen (secondary N) is 1. The van der Waals surface area contributed by atoms with Crippen molar-refractivity contribution >= 4 is 11.7 Å². The summed E-state index contributed by atoms with van der Waals surface area (Å²) in [5, 5.41) is 14.1. The molecule has 2 aromatic carbocycles. The lowest BCUT2D eigenvalue weighted by molar-refractivity contribution is 0.0368. The molecule has 4 rings (SSSR count). The quantitative estimate of drug-likeness (QED) is 0.832. The molecule has 0 unspecified atom stereocenters. The van der Waals surface area contributed by atoms with Gasteiger partial charge in [-0.15, -0.1) is 0 Å². The molecule has 148 valence electrons. The molecule has 2 amide bonds. The largest absolute Gasteiger partial charge is 0.390 e. The first-order valence-electron chi connectivity index (χ1n) is 9.95. The van der Waals surface area contributed by atoms with Crippen molar-refractivity contribution in [1.82, 2.24) is 4.90 Å². The average Bonchev–Trinajstić information content (AvgIpc) is 3.19. The number of anilines is 1. The number of carbonyl (C=O) groups is 1. The minimum absolute atomic E-state index is 0.0652. The van der Waals surface area contributed by atoms with E-state index in [1.165, 1.54) is 5.56 Å². The van der Waals surface area contributed by atoms with Gasteiger partial charge >= 0.3 is 6.03 Å². The lowest BCUT2D eigenvalue weighted by Gasteiger charge is -2.26. The van der Waals surface area contributed by atoms with Gasteiger partial charge in [-0.1, -0.05) is 48.5 Å². The van der Waals surface area contributed by atoms with Gasteiger partial charge < -0.3 is 20.1 Å². The van der Waals surface area contributed by atoms with Crippen molar-refractivity contribution in [2.45, 2.75) is 31.5 Å². The van der Waals surface area contributed by atoms with E-state index in [1.54, 1.807) is 7.11 Å². The summed E-state index contributed by atoms with van der Waals surface area (Å²) in [7, 11) is 1.65. The first-order chi connectivity index (χ1) is 13.6. The standard InChI is InChI=1S/C23H28N2O3/c1-28-16-18-9-5-6-10-21(18)24-22(26)25-14-19-12-23(27,13-20(19)15-25)11-17-7-3-2-4-8-17/h2-10,19-20,27H,11-16H2,1H3,(H,24,26)/t19-,20+,23+. The van der Waals surface area contributed by atoms with Gasteiger partial charge in [-0.25, -0.2) is 4.79 Å². The summed E-state index contributed by atoms with van der Waals surface area (Å²) in [6.45, 7) is 1.88. The van der Waals surface area contributed by atoms with Crippen molar-refractivity contribution in [3.8, 4) is 0 Å². The summed E-state index contributed by atoms with van der Waals surface area (Å²) >= 11 is 0. The molecule has 1 aliphatic carbocycles. The monoisotopic (exact) mass is 380 g/mol. The van der Waals surface area contributed by atoms with Crippen LogP contribution in [0.25, 0.3) is 0 Å². The third kappa shape index (κ3) is 4.05. The Hall–Kier alpha value is -2.37. The highest BCUT2D eigenvalue weighted by atomic mass is 16.5. The highest BCUT2D eigenvalue weighted by molar-refractivity contribution is 5.90. The van der Waals surface area contributed by atoms with Gasteiger partial charge in [0.15, 0.2) is 0 Å². The molecular weight excluding hydrogens is 352 g/mol. The summed E-state index contributed by atoms with van der Waals surface area (Å²) in [6, 6.07) is 17.8. The van der Waals surface area contributed by atoms with Crippen molar-refractivity contribution < 1.29 is 14.6 Å². The number of ether oxygens (including phenoxy) is 1. The normalized spacial score (nSPS) is 26.3. The van der Waals surface area contributed by atoms with Crippen LogP contribution in [0, 0.1) is 11.8 Å². The molecule has 1 heterocycles. The zero-order chi connectivity index (χ0) is 19.6. The molecule has 2 fully saturated rings. The van der Waals surface area contributed by atoms with Crippen LogP contribution in [0.4, 0.5) is 10.5 Å². The lowest BCUT2D eigenvalue weighted by Crippen LogP contribution is -2.37. The number of hydrogen-bond acceptors (Lipinski definition) is 3. The Morgan fingerprint density at radius 3 is 2.43 bits per heavy atom. The van der Waals surface area contributed by atoms with Gasteiger partial charge in [-0.2, -0.15) is 0 Å². The highest BCUT2D eigenvalue weighted by Crippen LogP contribution is 2.45. The van der Waals surface area contributed by atoms with Crippen LogP contribution in [0.1, 0.15) is 24.0 Å². The van der Waals surface area contributed by atoms with E-state index in [2.05, 4.69) is 17.4 Å². The molecule has 5 heteroatoms. The summed E-state index contributed by atoms with van der Waals surface area (Å²) < 4.78 is 5.22. The Balaban J connectivity index is 1.35. The molecule has 0 spiro atoms. The van der Waals surface area contributed by atoms with E-state index in [0.717, 1.165) is 24.1 Å². The van der Waals surface area contributed by atoms with Crippen LogP contribution in [0.5, 0.6) is 0 Å². The zero-order valence-corrected chi connectivity index (χ0v) is 16.3. The second-order valence-electron chi connectivity index (χ2n) is 8.24. The first kappa shape index (κ1) is 19.0. The van der Waals surface area contributed by atoms with Crippen LogP contribution < -0.4 is 5.32 Å². The Morgan fingerprint density at radius 1 is 1.11 bits per heavy atom. The van der Waals surface area contributed by atoms with Gasteiger partial charge in [-0.05, 0) is 36.3 Å². The van der Waals surface area contributed by atoms with Crippen LogP contribution in [-0.4, -0.2) is 41.8 Å². The number of para-hydroxylation sites is 1. The van der Waals surface area contributed by atoms with Gasteiger partial charge in [-0.3, -0.25) is 0 Å². The number of likely N-dealkylation sites (tertiary alicyclic amines) is 1. The Morgan fingerprint density at radius 2 is 1.75 bits per heavy atom. The maximum Gasteiger partial charge on any atom is 0.321 e. The number of amides is 2. The van der Waals surface area contributed by atoms with Crippen LogP contribution >= 0.6 is 0 Å². The van der Waals surface area contributed by atoms with Crippen LogP contribution in [0.2, 0.25) is 0 Å². The van der Waals surface area contributed by atoms with E-state index < -0.39 is 5.60 Å². The molecular formula is C23H28N2O3. The van der Waals surface area contributed by atoms with Crippen LogP contribution in [-0.2, 0) is 17.8 Å². The van der Waals surface area contributed by atoms with Gasteiger partial charge in [0.25, 0.3) is 0 Å². The predicted octanol–water partition coefficient (Wildman–Crippen LogP) is 3.68. The summed E-state index contributed by atoms with van der Waals surface area (Å²) in [5.74, 6) is 0.738. The van der Waals surface area contributed by atoms with Crippen LogP contribution in [0.15, 0.2) is 54.6 Å². The van der Waals surface area contributed by atoms with E-state index in [9.17, 15) is 9.90 Å². The van der Waals surface area contributed by atoms with Gasteiger partial charge in [0.1, 0.15) is 0 Å². The second kappa shape index (κ2) is 7.94. The Labute approximate surface area is 166 Å². The minimum atomic E-state index is -0.648. The smallest absolute Gasteiger partial charge is 0.321 e. The molecule has 1 saturated heterocycles. The highest BCUT2D eigenvalue weighted by Gasteiger charge is 2.49. The fraction of sp³-hybridized carbons (Fsp3) is 0.435. The van der Waals surface area contributed by atoms with E-state index in [1.807, 2.05) is 47.4 Å². The third-order valence-corrected chi connectivity index (χ3v) is 6.08. The Bertz CT molecular complexity index is 810. The van der Waals surface area contributed by atoms with Crippen LogP contribution in [0.3, 0.4) is 0 Å². The van der Waals surface area contributed by atoms with Gasteiger partial charge in [0, 0.05) is 37.9 Å². The summed E-state index contributed by atoms with van der Waals surface area (Å²) in [5.41, 5.74) is 2.29. The number of hydrogen-bond donors (Lipinski definition) is 2. The minimum Gasteiger partial charge on any atom is -0.390 e. The molecule has 28 heavy (non-hydrogen) atoms. The molecule has 0 bridgehead atoms. The van der Waals surface area contributed by atoms with E-state index in [4.69, 9.17) is 4.74 Å². The number of nitrogens with zero attached hydrogens (tertiary/aromatic N) is 1. The van der Waals surface area contributed by atoms with Crippen molar-refractivity contribution in [3.63, 3.8) is 0 Å². The number of aliphatic hydroxyl groups is 1. The van der Waals surface area contributed by atoms with E-state index >= 15 is 0 Å². The summed E-state index contributed by atoms with van der Waals surface area (Å²) in [6.07, 6.45) is 2.21. The maximum absolute atomic E-state index is 12.8. The second-order valence-corrected chi connectivity index (χ2v) is 8.24. The molecule has 2 aliphatic rings. The topological polar surface area (TPSA) is 61.8 Å². The SMILES string of the molecule is COCc1ccccc1NC(=O)N1C[C@@H]2C[C@](O)(Cc3ccccc3)C[C@@H]2C1. The molecule has 1 aliphatic heterocycles. The van der Waals surface area contributed by atoms with Gasteiger partial charge in [0.2, 0.25) is 0 Å². The van der Waals surface area contributed by atoms with Crippen molar-refractivity contribution in [2.24, 2.45) is 11.8 Å². The number of methoxy groups -OCH3 is 1. The average molecular weight is 380 g/mol. The zero-order valence-electron chi connectivity index (χ0n) is 16.3. The molecule has 2 N–H and O–H groups in total. The molecule has 0 aromatic heterocycles. The van der Waals surface area contributed by atoms with Crippen molar-refractivity contribution in [3.05, 3.63) is 65.7 Å².